The molecule has 4 amide bonds. The summed E-state index contributed by atoms with van der Waals surface area (Å²) in [6, 6.07) is -2.08. The molecule has 0 aromatic heterocycles. The molecule has 228 valence electrons. The molecule has 0 radical (unpaired) electrons. The fraction of sp³-hybridized carbons (Fsp3) is 0.679. The van der Waals surface area contributed by atoms with Gasteiger partial charge in [0.2, 0.25) is 21.8 Å². The van der Waals surface area contributed by atoms with Crippen LogP contribution in [0, 0.1) is 5.92 Å². The van der Waals surface area contributed by atoms with Crippen LogP contribution in [0.15, 0.2) is 24.3 Å². The first-order chi connectivity index (χ1) is 19.0. The van der Waals surface area contributed by atoms with Crippen molar-refractivity contribution >= 4 is 39.6 Å². The van der Waals surface area contributed by atoms with Crippen LogP contribution < -0.4 is 15.4 Å². The van der Waals surface area contributed by atoms with Gasteiger partial charge >= 0.3 is 6.09 Å². The van der Waals surface area contributed by atoms with E-state index in [4.69, 9.17) is 4.74 Å². The van der Waals surface area contributed by atoms with Crippen LogP contribution in [-0.4, -0.2) is 77.9 Å². The van der Waals surface area contributed by atoms with E-state index in [0.717, 1.165) is 5.57 Å². The zero-order valence-corrected chi connectivity index (χ0v) is 25.3. The maximum absolute atomic E-state index is 13.7. The SMILES string of the molecule is C=C[C@@H]1C[C@]1(NC(=O)[C@@H]1CCCN1C(=O)[C@H](CCC(=O)C=C(C)C)NC(=O)OC(C)(C)C)C(=O)NS(=O)(=O)C1CC1. The second-order valence-corrected chi connectivity index (χ2v) is 14.3. The van der Waals surface area contributed by atoms with Gasteiger partial charge in [-0.15, -0.1) is 6.58 Å². The number of hydrogen-bond donors (Lipinski definition) is 3. The van der Waals surface area contributed by atoms with Crippen molar-refractivity contribution in [3.05, 3.63) is 24.3 Å². The Hall–Kier alpha value is -3.22. The van der Waals surface area contributed by atoms with Gasteiger partial charge in [-0.05, 0) is 79.2 Å². The molecule has 3 fully saturated rings. The first kappa shape index (κ1) is 32.3. The van der Waals surface area contributed by atoms with Crippen LogP contribution in [0.4, 0.5) is 4.79 Å². The third-order valence-electron chi connectivity index (χ3n) is 7.21. The van der Waals surface area contributed by atoms with Gasteiger partial charge in [-0.2, -0.15) is 0 Å². The molecular formula is C28H42N4O8S. The van der Waals surface area contributed by atoms with E-state index in [0.29, 0.717) is 25.7 Å². The van der Waals surface area contributed by atoms with E-state index in [9.17, 15) is 32.4 Å². The Morgan fingerprint density at radius 2 is 1.78 bits per heavy atom. The number of ether oxygens (including phenoxy) is 1. The Labute approximate surface area is 241 Å². The number of ketones is 1. The molecule has 4 atom stereocenters. The van der Waals surface area contributed by atoms with Gasteiger partial charge in [0, 0.05) is 18.9 Å². The number of carbonyl (C=O) groups excluding carboxylic acids is 5. The second kappa shape index (κ2) is 12.3. The minimum atomic E-state index is -3.83. The van der Waals surface area contributed by atoms with Crippen LogP contribution in [0.25, 0.3) is 0 Å². The number of allylic oxidation sites excluding steroid dienone is 2. The topological polar surface area (TPSA) is 168 Å². The molecule has 0 spiro atoms. The third-order valence-corrected chi connectivity index (χ3v) is 9.02. The molecule has 0 aromatic carbocycles. The molecule has 13 heteroatoms. The Morgan fingerprint density at radius 3 is 2.32 bits per heavy atom. The van der Waals surface area contributed by atoms with E-state index in [1.54, 1.807) is 34.6 Å². The lowest BCUT2D eigenvalue weighted by atomic mass is 10.1. The molecule has 3 aliphatic rings. The van der Waals surface area contributed by atoms with Crippen molar-refractivity contribution in [3.63, 3.8) is 0 Å². The quantitative estimate of drug-likeness (QED) is 0.227. The Morgan fingerprint density at radius 1 is 1.12 bits per heavy atom. The molecule has 0 unspecified atom stereocenters. The Bertz CT molecular complexity index is 1230. The number of hydrogen-bond acceptors (Lipinski definition) is 8. The summed E-state index contributed by atoms with van der Waals surface area (Å²) in [6.07, 6.45) is 4.05. The zero-order valence-electron chi connectivity index (χ0n) is 24.4. The van der Waals surface area contributed by atoms with Gasteiger partial charge in [0.15, 0.2) is 5.78 Å². The van der Waals surface area contributed by atoms with E-state index < -0.39 is 68.2 Å². The van der Waals surface area contributed by atoms with Gasteiger partial charge in [0.1, 0.15) is 23.2 Å². The summed E-state index contributed by atoms with van der Waals surface area (Å²) in [5.41, 5.74) is -1.49. The lowest BCUT2D eigenvalue weighted by Gasteiger charge is -2.30. The molecule has 2 saturated carbocycles. The smallest absolute Gasteiger partial charge is 0.408 e. The highest BCUT2D eigenvalue weighted by Gasteiger charge is 2.61. The fourth-order valence-corrected chi connectivity index (χ4v) is 6.27. The van der Waals surface area contributed by atoms with Crippen LogP contribution >= 0.6 is 0 Å². The fourth-order valence-electron chi connectivity index (χ4n) is 4.91. The molecule has 1 aliphatic heterocycles. The first-order valence-electron chi connectivity index (χ1n) is 14.0. The summed E-state index contributed by atoms with van der Waals surface area (Å²) in [4.78, 5) is 66.4. The number of likely N-dealkylation sites (tertiary alicyclic amines) is 1. The molecule has 41 heavy (non-hydrogen) atoms. The minimum Gasteiger partial charge on any atom is -0.444 e. The summed E-state index contributed by atoms with van der Waals surface area (Å²) < 4.78 is 32.2. The van der Waals surface area contributed by atoms with Crippen LogP contribution in [0.3, 0.4) is 0 Å². The minimum absolute atomic E-state index is 0.00453. The molecule has 0 bridgehead atoms. The highest BCUT2D eigenvalue weighted by Crippen LogP contribution is 2.45. The number of nitrogens with one attached hydrogen (secondary N) is 3. The average molecular weight is 595 g/mol. The Balaban J connectivity index is 1.75. The third kappa shape index (κ3) is 8.40. The van der Waals surface area contributed by atoms with E-state index in [-0.39, 0.29) is 31.6 Å². The largest absolute Gasteiger partial charge is 0.444 e. The van der Waals surface area contributed by atoms with Crippen molar-refractivity contribution in [2.24, 2.45) is 5.92 Å². The van der Waals surface area contributed by atoms with Gasteiger partial charge in [-0.25, -0.2) is 13.2 Å². The predicted molar refractivity (Wildman–Crippen MR) is 151 cm³/mol. The molecule has 2 aliphatic carbocycles. The van der Waals surface area contributed by atoms with Crippen molar-refractivity contribution in [1.82, 2.24) is 20.3 Å². The number of alkyl carbamates (subject to hydrolysis) is 1. The average Bonchev–Trinajstić information content (AvgIpc) is 3.76. The Kier molecular flexibility index (Phi) is 9.72. The predicted octanol–water partition coefficient (Wildman–Crippen LogP) is 1.86. The van der Waals surface area contributed by atoms with Gasteiger partial charge in [-0.1, -0.05) is 11.6 Å². The number of amides is 4. The van der Waals surface area contributed by atoms with E-state index >= 15 is 0 Å². The molecule has 1 saturated heterocycles. The van der Waals surface area contributed by atoms with Crippen LogP contribution in [0.5, 0.6) is 0 Å². The van der Waals surface area contributed by atoms with Crippen LogP contribution in [0.1, 0.15) is 79.6 Å². The highest BCUT2D eigenvalue weighted by molar-refractivity contribution is 7.91. The van der Waals surface area contributed by atoms with Crippen molar-refractivity contribution in [2.75, 3.05) is 6.54 Å². The number of nitrogens with zero attached hydrogens (tertiary/aromatic N) is 1. The van der Waals surface area contributed by atoms with Gasteiger partial charge < -0.3 is 20.3 Å². The van der Waals surface area contributed by atoms with Gasteiger partial charge in [0.25, 0.3) is 5.91 Å². The van der Waals surface area contributed by atoms with Crippen molar-refractivity contribution in [3.8, 4) is 0 Å². The molecule has 1 heterocycles. The monoisotopic (exact) mass is 594 g/mol. The summed E-state index contributed by atoms with van der Waals surface area (Å²) >= 11 is 0. The summed E-state index contributed by atoms with van der Waals surface area (Å²) in [6.45, 7) is 12.5. The van der Waals surface area contributed by atoms with Crippen molar-refractivity contribution in [2.45, 2.75) is 108 Å². The van der Waals surface area contributed by atoms with Crippen molar-refractivity contribution in [1.29, 1.82) is 0 Å². The van der Waals surface area contributed by atoms with E-state index in [2.05, 4.69) is 21.9 Å². The summed E-state index contributed by atoms with van der Waals surface area (Å²) in [7, 11) is -3.83. The molecule has 0 aromatic rings. The maximum atomic E-state index is 13.7. The number of carbonyl (C=O) groups is 5. The van der Waals surface area contributed by atoms with Gasteiger partial charge in [0.05, 0.1) is 5.25 Å². The lowest BCUT2D eigenvalue weighted by molar-refractivity contribution is -0.141. The van der Waals surface area contributed by atoms with Crippen LogP contribution in [-0.2, 0) is 33.9 Å². The molecule has 3 rings (SSSR count). The van der Waals surface area contributed by atoms with Crippen LogP contribution in [0.2, 0.25) is 0 Å². The standard InChI is InChI=1S/C28H42N4O8S/c1-7-18-16-28(18,25(36)31-41(38,39)20-11-12-20)30-23(34)22-9-8-14-32(22)24(35)21(13-10-19(33)15-17(2)3)29-26(37)40-27(4,5)6/h7,15,18,20-22H,1,8-14,16H2,2-6H3,(H,29,37)(H,30,34)(H,31,36)/t18-,21+,22+,28-/m1/s1. The summed E-state index contributed by atoms with van der Waals surface area (Å²) in [5.74, 6) is -2.64. The molecule has 3 N–H and O–H groups in total. The van der Waals surface area contributed by atoms with E-state index in [1.165, 1.54) is 17.1 Å². The maximum Gasteiger partial charge on any atom is 0.408 e. The lowest BCUT2D eigenvalue weighted by Crippen LogP contribution is -2.58. The van der Waals surface area contributed by atoms with Gasteiger partial charge in [-0.3, -0.25) is 23.9 Å². The normalized spacial score (nSPS) is 24.5. The second-order valence-electron chi connectivity index (χ2n) is 12.3. The molecule has 12 nitrogen and oxygen atoms in total. The number of rotatable bonds is 12. The zero-order chi connectivity index (χ0) is 30.8. The van der Waals surface area contributed by atoms with Crippen molar-refractivity contribution < 1.29 is 37.1 Å². The highest BCUT2D eigenvalue weighted by atomic mass is 32.2. The van der Waals surface area contributed by atoms with E-state index in [1.807, 2.05) is 0 Å². The summed E-state index contributed by atoms with van der Waals surface area (Å²) in [5, 5.41) is 4.65. The number of sulfonamides is 1. The first-order valence-corrected chi connectivity index (χ1v) is 15.5. The molecular weight excluding hydrogens is 552 g/mol.